The van der Waals surface area contributed by atoms with Crippen LogP contribution in [0.25, 0.3) is 64.8 Å². The molecule has 0 saturated carbocycles. The minimum atomic E-state index is -4.26. The maximum Gasteiger partial charge on any atom is 0.407 e. The number of ether oxygens (including phenoxy) is 1. The van der Waals surface area contributed by atoms with E-state index in [1.807, 2.05) is 198 Å². The number of nitrogens with zero attached hydrogens (tertiary/aromatic N) is 12. The van der Waals surface area contributed by atoms with Crippen molar-refractivity contribution in [2.75, 3.05) is 136 Å². The third-order valence-electron chi connectivity index (χ3n) is 22.2. The van der Waals surface area contributed by atoms with Crippen LogP contribution >= 0.6 is 11.6 Å². The number of amides is 1. The van der Waals surface area contributed by atoms with Gasteiger partial charge in [-0.25, -0.2) is 34.5 Å². The second-order valence-corrected chi connectivity index (χ2v) is 32.9. The maximum absolute atomic E-state index is 13.5. The van der Waals surface area contributed by atoms with E-state index in [0.29, 0.717) is 134 Å². The fraction of sp³-hybridized carbons (Fsp3) is 0.409. The van der Waals surface area contributed by atoms with Gasteiger partial charge in [0.1, 0.15) is 39.6 Å². The van der Waals surface area contributed by atoms with E-state index in [-0.39, 0.29) is 19.0 Å². The Balaban J connectivity index is 0.000000148. The molecule has 0 aliphatic carbocycles. The molecule has 4 fully saturated rings. The molecular weight excluding hydrogens is 1650 g/mol. The fourth-order valence-electron chi connectivity index (χ4n) is 16.6. The number of fused-ring (bicyclic) bond motifs is 6. The summed E-state index contributed by atoms with van der Waals surface area (Å²) in [6, 6.07) is 55.5. The number of hydrogen-bond acceptors (Lipinski definition) is 18. The van der Waals surface area contributed by atoms with E-state index in [0.717, 1.165) is 95.5 Å². The first kappa shape index (κ1) is 93.3. The highest BCUT2D eigenvalue weighted by Gasteiger charge is 2.42. The highest BCUT2D eigenvalue weighted by Crippen LogP contribution is 2.38. The zero-order chi connectivity index (χ0) is 88.9. The first-order valence-electron chi connectivity index (χ1n) is 42.0. The molecule has 4 N–H and O–H groups in total. The van der Waals surface area contributed by atoms with Crippen LogP contribution in [-0.2, 0) is 4.74 Å². The van der Waals surface area contributed by atoms with E-state index in [1.54, 1.807) is 63.9 Å². The quantitative estimate of drug-likeness (QED) is 0.0282. The number of alkyl halides is 12. The number of para-hydroxylation sites is 1. The molecule has 4 aliphatic rings. The number of anilines is 5. The summed E-state index contributed by atoms with van der Waals surface area (Å²) >= 11 is 5.85. The molecule has 4 saturated heterocycles. The van der Waals surface area contributed by atoms with E-state index < -0.39 is 85.8 Å². The maximum atomic E-state index is 13.5. The number of nitrogens with two attached hydrogens (primary N) is 1. The molecule has 6 aromatic heterocycles. The molecule has 0 radical (unpaired) electrons. The summed E-state index contributed by atoms with van der Waals surface area (Å²) in [7, 11) is 0. The lowest BCUT2D eigenvalue weighted by Crippen LogP contribution is -2.55. The molecule has 10 heterocycles. The highest BCUT2D eigenvalue weighted by atomic mass is 35.5. The van der Waals surface area contributed by atoms with Crippen LogP contribution in [0.4, 0.5) is 86.4 Å². The van der Waals surface area contributed by atoms with Crippen LogP contribution < -0.4 is 41.6 Å². The van der Waals surface area contributed by atoms with Gasteiger partial charge in [0.25, 0.3) is 0 Å². The topological polar surface area (TPSA) is 194 Å². The van der Waals surface area contributed by atoms with E-state index in [2.05, 4.69) is 35.6 Å². The molecule has 125 heavy (non-hydrogen) atoms. The van der Waals surface area contributed by atoms with Crippen LogP contribution in [0.3, 0.4) is 0 Å². The molecule has 666 valence electrons. The van der Waals surface area contributed by atoms with Crippen LogP contribution in [0.1, 0.15) is 78.6 Å². The summed E-state index contributed by atoms with van der Waals surface area (Å²) in [5, 5.41) is 17.5. The van der Waals surface area contributed by atoms with Crippen LogP contribution in [0, 0.1) is 5.92 Å². The molecule has 1 amide bonds. The van der Waals surface area contributed by atoms with Crippen molar-refractivity contribution < 1.29 is 66.6 Å². The predicted octanol–water partition coefficient (Wildman–Crippen LogP) is 20.2. The first-order chi connectivity index (χ1) is 59.8. The van der Waals surface area contributed by atoms with Crippen molar-refractivity contribution in [3.8, 4) is 0 Å². The summed E-state index contributed by atoms with van der Waals surface area (Å²) in [6.45, 7) is 13.8. The molecular formula is C93H104ClF12N15O4. The van der Waals surface area contributed by atoms with E-state index in [4.69, 9.17) is 26.5 Å². The normalized spacial score (nSPS) is 17.7. The van der Waals surface area contributed by atoms with Crippen molar-refractivity contribution in [3.63, 3.8) is 0 Å². The first-order valence-corrected chi connectivity index (χ1v) is 42.4. The Morgan fingerprint density at radius 2 is 0.792 bits per heavy atom. The lowest BCUT2D eigenvalue weighted by Gasteiger charge is -2.42. The number of aromatic nitrogens is 5. The standard InChI is InChI=1S/C27H27F3N4O2.C23H31F3N4O2.C18H23F3N4.C16H17F3N2.C9H6ClN/c28-27(29,30)17-20-18-34(26-21-7-2-1-6-19(21)10-12-32-26)15-14-33(20)13-5-11-31-23-16-25(35)36-24-9-4-3-8-22(23)24;1-22(2,3)32-21(31)28-10-6-12-29-13-14-30(16-18(29)15-23(24,25)26)20-19-8-5-4-7-17(19)9-11-27-20;19-18(20,21)12-15-13-25(11-10-24(15)9-3-7-22)17-16-5-2-1-4-14(16)6-8-23-17;17-16(18,19)10-12-4-3-9-21(11-12)15-14-6-2-1-5-13(14)7-8-20-15;10-9-8-4-2-1-3-7(8)5-6-11-9/h1-4,6-10,12,16,20,31H,5,11,13-15,17-18H2;4-5,7-9,11,18H,6,10,12-16H2,1-3H3,(H,28,31);1-2,4-6,8,15H,3,7,9-13,22H2;1-2,5-8,12H,3-4,9-11H2;1-6H. The second-order valence-electron chi connectivity index (χ2n) is 32.6. The number of pyridine rings is 5. The van der Waals surface area contributed by atoms with Crippen LogP contribution in [0.5, 0.6) is 0 Å². The number of rotatable bonds is 20. The van der Waals surface area contributed by atoms with Gasteiger partial charge in [-0.1, -0.05) is 145 Å². The zero-order valence-electron chi connectivity index (χ0n) is 69.9. The molecule has 4 aliphatic heterocycles. The number of halogens is 13. The predicted molar refractivity (Wildman–Crippen MR) is 472 cm³/mol. The summed E-state index contributed by atoms with van der Waals surface area (Å²) in [6.07, 6.45) is -8.67. The van der Waals surface area contributed by atoms with Gasteiger partial charge in [-0.2, -0.15) is 52.7 Å². The van der Waals surface area contributed by atoms with Crippen LogP contribution in [0.15, 0.2) is 222 Å². The molecule has 4 atom stereocenters. The van der Waals surface area contributed by atoms with Gasteiger partial charge in [-0.05, 0) is 141 Å². The van der Waals surface area contributed by atoms with Crippen LogP contribution in [-0.4, -0.2) is 205 Å². The van der Waals surface area contributed by atoms with Gasteiger partial charge in [0.05, 0.1) is 24.9 Å². The Bertz CT molecular complexity index is 5520. The Labute approximate surface area is 722 Å². The Hall–Kier alpha value is -10.9. The van der Waals surface area contributed by atoms with Gasteiger partial charge in [0, 0.05) is 192 Å². The van der Waals surface area contributed by atoms with Gasteiger partial charge in [-0.3, -0.25) is 14.7 Å². The van der Waals surface area contributed by atoms with E-state index in [9.17, 15) is 62.3 Å². The number of piperazine rings is 3. The Morgan fingerprint density at radius 1 is 0.440 bits per heavy atom. The van der Waals surface area contributed by atoms with Gasteiger partial charge < -0.3 is 45.1 Å². The number of benzene rings is 6. The molecule has 32 heteroatoms. The summed E-state index contributed by atoms with van der Waals surface area (Å²) in [5.41, 5.74) is 5.66. The monoisotopic (exact) mass is 1760 g/mol. The number of carbonyl (C=O) groups excluding carboxylic acids is 1. The summed E-state index contributed by atoms with van der Waals surface area (Å²) in [4.78, 5) is 59.1. The smallest absolute Gasteiger partial charge is 0.407 e. The van der Waals surface area contributed by atoms with E-state index >= 15 is 0 Å². The molecule has 0 bridgehead atoms. The third-order valence-corrected chi connectivity index (χ3v) is 22.5. The van der Waals surface area contributed by atoms with E-state index in [1.165, 1.54) is 6.07 Å². The fourth-order valence-corrected chi connectivity index (χ4v) is 16.9. The van der Waals surface area contributed by atoms with Gasteiger partial charge >= 0.3 is 36.4 Å². The van der Waals surface area contributed by atoms with Crippen LogP contribution in [0.2, 0.25) is 5.15 Å². The van der Waals surface area contributed by atoms with Gasteiger partial charge in [0.2, 0.25) is 0 Å². The average molecular weight is 1760 g/mol. The lowest BCUT2D eigenvalue weighted by atomic mass is 9.94. The van der Waals surface area contributed by atoms with Gasteiger partial charge in [-0.15, -0.1) is 0 Å². The molecule has 12 aromatic rings. The Morgan fingerprint density at radius 3 is 1.18 bits per heavy atom. The SMILES string of the molecule is CC(C)(C)OC(=O)NCCCN1CCN(c2nccc3ccccc23)CC1CC(F)(F)F.Clc1nccc2ccccc12.FC(F)(F)CC1CCCN(c2nccc3ccccc23)C1.NCCCN1CCN(c2nccc3ccccc23)CC1CC(F)(F)F.O=c1cc(NCCCN2CCN(c3nccc4ccccc34)CC2CC(F)(F)F)c2ccccc2o1. The summed E-state index contributed by atoms with van der Waals surface area (Å²) < 4.78 is 168. The minimum Gasteiger partial charge on any atom is -0.444 e. The summed E-state index contributed by atoms with van der Waals surface area (Å²) in [5.74, 6) is 2.70. The van der Waals surface area contributed by atoms with Crippen molar-refractivity contribution >= 4 is 111 Å². The lowest BCUT2D eigenvalue weighted by molar-refractivity contribution is -0.148. The molecule has 4 unspecified atom stereocenters. The second kappa shape index (κ2) is 42.9. The van der Waals surface area contributed by atoms with Crippen molar-refractivity contribution in [2.45, 2.75) is 127 Å². The Kier molecular flexibility index (Phi) is 32.0. The number of carbonyl (C=O) groups is 1. The third kappa shape index (κ3) is 27.6. The number of alkyl carbamates (subject to hydrolysis) is 1. The highest BCUT2D eigenvalue weighted by molar-refractivity contribution is 6.34. The minimum absolute atomic E-state index is 0.250. The van der Waals surface area contributed by atoms with Crippen molar-refractivity contribution in [1.82, 2.24) is 44.9 Å². The zero-order valence-corrected chi connectivity index (χ0v) is 70.6. The molecule has 6 aromatic carbocycles. The number of nitrogens with one attached hydrogen (secondary N) is 2. The largest absolute Gasteiger partial charge is 0.444 e. The van der Waals surface area contributed by atoms with Crippen molar-refractivity contribution in [3.05, 3.63) is 229 Å². The number of hydrogen-bond donors (Lipinski definition) is 3. The molecule has 16 rings (SSSR count). The van der Waals surface area contributed by atoms with Crippen molar-refractivity contribution in [2.24, 2.45) is 11.7 Å². The molecule has 0 spiro atoms. The van der Waals surface area contributed by atoms with Gasteiger partial charge in [0.15, 0.2) is 0 Å². The molecule has 19 nitrogen and oxygen atoms in total. The average Bonchev–Trinajstić information content (AvgIpc) is 0.784. The number of piperidine rings is 1. The van der Waals surface area contributed by atoms with Crippen molar-refractivity contribution in [1.29, 1.82) is 0 Å².